The molecule has 0 aliphatic heterocycles. The van der Waals surface area contributed by atoms with Crippen molar-refractivity contribution >= 4 is 23.4 Å². The Morgan fingerprint density at radius 1 is 1.25 bits per heavy atom. The van der Waals surface area contributed by atoms with Gasteiger partial charge in [0, 0.05) is 22.3 Å². The van der Waals surface area contributed by atoms with Gasteiger partial charge in [0.15, 0.2) is 0 Å². The highest BCUT2D eigenvalue weighted by Gasteiger charge is 2.41. The van der Waals surface area contributed by atoms with Crippen molar-refractivity contribution in [1.82, 2.24) is 9.97 Å². The van der Waals surface area contributed by atoms with Gasteiger partial charge in [-0.1, -0.05) is 20.8 Å². The number of nitrogens with zero attached hydrogens (tertiary/aromatic N) is 2. The van der Waals surface area contributed by atoms with Crippen LogP contribution in [0.3, 0.4) is 0 Å². The molecule has 20 heavy (non-hydrogen) atoms. The topological polar surface area (TPSA) is 75.9 Å². The molecule has 0 atom stereocenters. The van der Waals surface area contributed by atoms with Gasteiger partial charge in [-0.05, 0) is 26.0 Å². The lowest BCUT2D eigenvalue weighted by molar-refractivity contribution is 0.546. The third-order valence-electron chi connectivity index (χ3n) is 3.77. The van der Waals surface area contributed by atoms with E-state index in [9.17, 15) is 0 Å². The number of aromatic nitrogens is 2. The van der Waals surface area contributed by atoms with Crippen LogP contribution >= 0.6 is 11.8 Å². The Hall–Kier alpha value is -1.01. The molecule has 0 saturated heterocycles. The maximum atomic E-state index is 5.58. The molecule has 1 saturated carbocycles. The van der Waals surface area contributed by atoms with Crippen molar-refractivity contribution in [3.05, 3.63) is 11.4 Å². The molecule has 0 bridgehead atoms. The molecule has 0 radical (unpaired) electrons. The number of hydrogen-bond acceptors (Lipinski definition) is 6. The van der Waals surface area contributed by atoms with Crippen molar-refractivity contribution in [3.8, 4) is 0 Å². The third kappa shape index (κ3) is 3.17. The molecule has 112 valence electrons. The summed E-state index contributed by atoms with van der Waals surface area (Å²) in [5, 5.41) is 3.49. The minimum atomic E-state index is -0.105. The second-order valence-electron chi connectivity index (χ2n) is 6.50. The molecule has 4 N–H and O–H groups in total. The summed E-state index contributed by atoms with van der Waals surface area (Å²) in [6, 6.07) is 0. The molecular formula is C14H25N5S. The first-order chi connectivity index (χ1) is 9.31. The van der Waals surface area contributed by atoms with Gasteiger partial charge in [-0.25, -0.2) is 15.8 Å². The maximum Gasteiger partial charge on any atom is 0.148 e. The molecule has 0 aromatic carbocycles. The number of hydrazine groups is 1. The third-order valence-corrected chi connectivity index (χ3v) is 5.19. The van der Waals surface area contributed by atoms with Crippen molar-refractivity contribution in [1.29, 1.82) is 0 Å². The van der Waals surface area contributed by atoms with Gasteiger partial charge in [0.05, 0.1) is 0 Å². The fraction of sp³-hybridized carbons (Fsp3) is 0.714. The summed E-state index contributed by atoms with van der Waals surface area (Å²) in [7, 11) is 0. The van der Waals surface area contributed by atoms with Crippen LogP contribution in [0.4, 0.5) is 11.6 Å². The number of nitrogen functional groups attached to an aromatic ring is 1. The first kappa shape index (κ1) is 15.4. The van der Waals surface area contributed by atoms with Crippen LogP contribution in [0.1, 0.15) is 45.0 Å². The van der Waals surface area contributed by atoms with Crippen LogP contribution in [0.5, 0.6) is 0 Å². The normalized spacial score (nSPS) is 16.9. The van der Waals surface area contributed by atoms with E-state index >= 15 is 0 Å². The number of nitrogens with one attached hydrogen (secondary N) is 2. The van der Waals surface area contributed by atoms with Gasteiger partial charge in [-0.2, -0.15) is 11.8 Å². The Morgan fingerprint density at radius 3 is 2.30 bits per heavy atom. The first-order valence-corrected chi connectivity index (χ1v) is 8.18. The minimum absolute atomic E-state index is 0.105. The number of anilines is 2. The van der Waals surface area contributed by atoms with Gasteiger partial charge in [0.2, 0.25) is 0 Å². The number of rotatable bonds is 5. The maximum absolute atomic E-state index is 5.58. The zero-order chi connectivity index (χ0) is 15.0. The lowest BCUT2D eigenvalue weighted by Crippen LogP contribution is -2.24. The molecule has 1 aliphatic rings. The highest BCUT2D eigenvalue weighted by atomic mass is 32.2. The molecule has 0 spiro atoms. The number of thioether (sulfide) groups is 1. The molecule has 1 aliphatic carbocycles. The van der Waals surface area contributed by atoms with Crippen LogP contribution in [-0.4, -0.2) is 27.5 Å². The molecule has 1 fully saturated rings. The van der Waals surface area contributed by atoms with Crippen LogP contribution < -0.4 is 16.6 Å². The molecule has 0 amide bonds. The quantitative estimate of drug-likeness (QED) is 0.573. The second kappa shape index (κ2) is 5.41. The van der Waals surface area contributed by atoms with E-state index in [2.05, 4.69) is 42.8 Å². The van der Waals surface area contributed by atoms with Crippen LogP contribution in [0.25, 0.3) is 0 Å². The molecule has 5 nitrogen and oxygen atoms in total. The van der Waals surface area contributed by atoms with E-state index < -0.39 is 0 Å². The molecule has 0 unspecified atom stereocenters. The Bertz CT molecular complexity index is 491. The Kier molecular flexibility index (Phi) is 4.16. The van der Waals surface area contributed by atoms with Gasteiger partial charge in [0.1, 0.15) is 17.5 Å². The summed E-state index contributed by atoms with van der Waals surface area (Å²) < 4.78 is 0.398. The molecule has 1 heterocycles. The average Bonchev–Trinajstić information content (AvgIpc) is 3.17. The van der Waals surface area contributed by atoms with Crippen molar-refractivity contribution in [2.45, 2.75) is 50.7 Å². The molecule has 1 aromatic rings. The fourth-order valence-electron chi connectivity index (χ4n) is 2.00. The van der Waals surface area contributed by atoms with E-state index in [1.807, 2.05) is 18.7 Å². The second-order valence-corrected chi connectivity index (χ2v) is 7.78. The standard InChI is InChI=1S/C14H25N5S/c1-9-10(16-8-14(20-5)6-7-14)17-12(13(2,3)4)18-11(9)19-15/h6-8,15H2,1-5H3,(H2,16,17,18,19). The van der Waals surface area contributed by atoms with E-state index in [1.54, 1.807) is 0 Å². The minimum Gasteiger partial charge on any atom is -0.368 e. The highest BCUT2D eigenvalue weighted by Crippen LogP contribution is 2.47. The van der Waals surface area contributed by atoms with Gasteiger partial charge in [-0.3, -0.25) is 0 Å². The summed E-state index contributed by atoms with van der Waals surface area (Å²) in [5.74, 6) is 7.96. The first-order valence-electron chi connectivity index (χ1n) is 6.96. The van der Waals surface area contributed by atoms with E-state index in [0.717, 1.165) is 23.8 Å². The average molecular weight is 295 g/mol. The monoisotopic (exact) mass is 295 g/mol. The summed E-state index contributed by atoms with van der Waals surface area (Å²) in [6.07, 6.45) is 4.73. The van der Waals surface area contributed by atoms with Gasteiger partial charge >= 0.3 is 0 Å². The lowest BCUT2D eigenvalue weighted by Gasteiger charge is -2.21. The lowest BCUT2D eigenvalue weighted by atomic mass is 9.95. The summed E-state index contributed by atoms with van der Waals surface area (Å²) in [6.45, 7) is 9.24. The smallest absolute Gasteiger partial charge is 0.148 e. The van der Waals surface area contributed by atoms with Crippen molar-refractivity contribution in [2.24, 2.45) is 5.84 Å². The summed E-state index contributed by atoms with van der Waals surface area (Å²) in [4.78, 5) is 9.20. The van der Waals surface area contributed by atoms with Crippen LogP contribution in [0, 0.1) is 6.92 Å². The molecular weight excluding hydrogens is 270 g/mol. The van der Waals surface area contributed by atoms with Gasteiger partial charge in [-0.15, -0.1) is 0 Å². The van der Waals surface area contributed by atoms with Crippen LogP contribution in [-0.2, 0) is 5.41 Å². The molecule has 6 heteroatoms. The van der Waals surface area contributed by atoms with E-state index in [1.165, 1.54) is 12.8 Å². The largest absolute Gasteiger partial charge is 0.368 e. The molecule has 2 rings (SSSR count). The van der Waals surface area contributed by atoms with Gasteiger partial charge in [0.25, 0.3) is 0 Å². The zero-order valence-electron chi connectivity index (χ0n) is 13.0. The predicted molar refractivity (Wildman–Crippen MR) is 87.2 cm³/mol. The highest BCUT2D eigenvalue weighted by molar-refractivity contribution is 8.00. The Balaban J connectivity index is 2.26. The van der Waals surface area contributed by atoms with Crippen molar-refractivity contribution < 1.29 is 0 Å². The molecule has 1 aromatic heterocycles. The number of hydrogen-bond donors (Lipinski definition) is 3. The fourth-order valence-corrected chi connectivity index (χ4v) is 2.73. The van der Waals surface area contributed by atoms with Crippen molar-refractivity contribution in [3.63, 3.8) is 0 Å². The van der Waals surface area contributed by atoms with Crippen LogP contribution in [0.2, 0.25) is 0 Å². The van der Waals surface area contributed by atoms with Crippen molar-refractivity contribution in [2.75, 3.05) is 23.5 Å². The Morgan fingerprint density at radius 2 is 1.85 bits per heavy atom. The van der Waals surface area contributed by atoms with E-state index in [-0.39, 0.29) is 5.41 Å². The summed E-state index contributed by atoms with van der Waals surface area (Å²) in [5.41, 5.74) is 3.54. The zero-order valence-corrected chi connectivity index (χ0v) is 13.8. The van der Waals surface area contributed by atoms with Crippen LogP contribution in [0.15, 0.2) is 0 Å². The predicted octanol–water partition coefficient (Wildman–Crippen LogP) is 2.68. The van der Waals surface area contributed by atoms with E-state index in [0.29, 0.717) is 10.6 Å². The van der Waals surface area contributed by atoms with E-state index in [4.69, 9.17) is 10.8 Å². The number of nitrogens with two attached hydrogens (primary N) is 1. The van der Waals surface area contributed by atoms with Gasteiger partial charge < -0.3 is 10.7 Å². The SMILES string of the molecule is CSC1(CNc2nc(C(C)(C)C)nc(NN)c2C)CC1. The Labute approximate surface area is 125 Å². The summed E-state index contributed by atoms with van der Waals surface area (Å²) >= 11 is 1.94.